The standard InChI is InChI=1S/C25H21N/c1-18-13-15-20(16-14-18)23-11-6-12-24(25(23)26)22-10-5-9-21(17-22)19-7-3-2-4-8-19/h2-17H,26H2,1H3. The molecule has 0 radical (unpaired) electrons. The largest absolute Gasteiger partial charge is 0.398 e. The minimum Gasteiger partial charge on any atom is -0.398 e. The fourth-order valence-electron chi connectivity index (χ4n) is 3.30. The van der Waals surface area contributed by atoms with E-state index in [9.17, 15) is 0 Å². The summed E-state index contributed by atoms with van der Waals surface area (Å²) in [5.41, 5.74) is 15.5. The molecule has 0 fully saturated rings. The van der Waals surface area contributed by atoms with Crippen LogP contribution in [-0.4, -0.2) is 0 Å². The van der Waals surface area contributed by atoms with Crippen LogP contribution < -0.4 is 5.73 Å². The first-order valence-electron chi connectivity index (χ1n) is 8.84. The summed E-state index contributed by atoms with van der Waals surface area (Å²) in [4.78, 5) is 0. The predicted octanol–water partition coefficient (Wildman–Crippen LogP) is 6.58. The highest BCUT2D eigenvalue weighted by molar-refractivity contribution is 5.89. The van der Waals surface area contributed by atoms with E-state index in [-0.39, 0.29) is 0 Å². The molecule has 0 heterocycles. The molecular formula is C25H21N. The lowest BCUT2D eigenvalue weighted by Gasteiger charge is -2.13. The van der Waals surface area contributed by atoms with Gasteiger partial charge in [-0.05, 0) is 35.2 Å². The Labute approximate surface area is 154 Å². The number of aryl methyl sites for hydroxylation is 1. The van der Waals surface area contributed by atoms with Crippen LogP contribution in [0.4, 0.5) is 5.69 Å². The van der Waals surface area contributed by atoms with Gasteiger partial charge in [-0.2, -0.15) is 0 Å². The van der Waals surface area contributed by atoms with Crippen molar-refractivity contribution in [1.82, 2.24) is 0 Å². The quantitative estimate of drug-likeness (QED) is 0.421. The molecule has 1 nitrogen and oxygen atoms in total. The molecule has 0 spiro atoms. The average Bonchev–Trinajstić information content (AvgIpc) is 2.70. The van der Waals surface area contributed by atoms with E-state index in [4.69, 9.17) is 5.73 Å². The first-order valence-corrected chi connectivity index (χ1v) is 8.84. The van der Waals surface area contributed by atoms with Crippen molar-refractivity contribution >= 4 is 5.69 Å². The molecule has 0 aliphatic heterocycles. The Balaban J connectivity index is 1.80. The molecule has 0 saturated heterocycles. The van der Waals surface area contributed by atoms with Crippen LogP contribution >= 0.6 is 0 Å². The van der Waals surface area contributed by atoms with Crippen LogP contribution in [0.25, 0.3) is 33.4 Å². The van der Waals surface area contributed by atoms with Gasteiger partial charge in [0.15, 0.2) is 0 Å². The van der Waals surface area contributed by atoms with Gasteiger partial charge in [-0.1, -0.05) is 96.6 Å². The first-order chi connectivity index (χ1) is 12.7. The third kappa shape index (κ3) is 3.12. The third-order valence-electron chi connectivity index (χ3n) is 4.75. The van der Waals surface area contributed by atoms with Gasteiger partial charge >= 0.3 is 0 Å². The van der Waals surface area contributed by atoms with Crippen molar-refractivity contribution in [2.75, 3.05) is 5.73 Å². The third-order valence-corrected chi connectivity index (χ3v) is 4.75. The number of para-hydroxylation sites is 1. The second kappa shape index (κ2) is 6.89. The molecule has 0 unspecified atom stereocenters. The molecule has 0 aliphatic carbocycles. The molecule has 0 aromatic heterocycles. The molecule has 26 heavy (non-hydrogen) atoms. The molecule has 0 atom stereocenters. The first kappa shape index (κ1) is 16.2. The van der Waals surface area contributed by atoms with Gasteiger partial charge in [0.05, 0.1) is 0 Å². The molecule has 0 aliphatic rings. The van der Waals surface area contributed by atoms with Gasteiger partial charge in [-0.25, -0.2) is 0 Å². The lowest BCUT2D eigenvalue weighted by molar-refractivity contribution is 1.47. The van der Waals surface area contributed by atoms with E-state index in [1.807, 2.05) is 6.07 Å². The van der Waals surface area contributed by atoms with Crippen molar-refractivity contribution in [3.8, 4) is 33.4 Å². The zero-order valence-corrected chi connectivity index (χ0v) is 14.8. The molecule has 4 aromatic rings. The Bertz CT molecular complexity index is 1030. The lowest BCUT2D eigenvalue weighted by Crippen LogP contribution is -1.94. The van der Waals surface area contributed by atoms with Crippen LogP contribution in [0.2, 0.25) is 0 Å². The molecule has 4 aromatic carbocycles. The number of hydrogen-bond donors (Lipinski definition) is 1. The van der Waals surface area contributed by atoms with Crippen molar-refractivity contribution in [1.29, 1.82) is 0 Å². The van der Waals surface area contributed by atoms with Gasteiger partial charge in [0.2, 0.25) is 0 Å². The molecule has 126 valence electrons. The van der Waals surface area contributed by atoms with Crippen LogP contribution in [-0.2, 0) is 0 Å². The summed E-state index contributed by atoms with van der Waals surface area (Å²) in [6.45, 7) is 2.10. The van der Waals surface area contributed by atoms with Crippen molar-refractivity contribution in [3.63, 3.8) is 0 Å². The van der Waals surface area contributed by atoms with Gasteiger partial charge in [0.1, 0.15) is 0 Å². The zero-order valence-electron chi connectivity index (χ0n) is 14.8. The Morgan fingerprint density at radius 2 is 1.08 bits per heavy atom. The summed E-state index contributed by atoms with van der Waals surface area (Å²) >= 11 is 0. The van der Waals surface area contributed by atoms with E-state index in [0.29, 0.717) is 0 Å². The summed E-state index contributed by atoms with van der Waals surface area (Å²) in [5.74, 6) is 0. The van der Waals surface area contributed by atoms with Crippen molar-refractivity contribution < 1.29 is 0 Å². The van der Waals surface area contributed by atoms with Crippen LogP contribution in [0.1, 0.15) is 5.56 Å². The number of rotatable bonds is 3. The average molecular weight is 335 g/mol. The van der Waals surface area contributed by atoms with Gasteiger partial charge in [0, 0.05) is 16.8 Å². The topological polar surface area (TPSA) is 26.0 Å². The summed E-state index contributed by atoms with van der Waals surface area (Å²) in [6.07, 6.45) is 0. The van der Waals surface area contributed by atoms with Crippen LogP contribution in [0.5, 0.6) is 0 Å². The van der Waals surface area contributed by atoms with Crippen LogP contribution in [0, 0.1) is 6.92 Å². The summed E-state index contributed by atoms with van der Waals surface area (Å²) in [7, 11) is 0. The smallest absolute Gasteiger partial charge is 0.0473 e. The Hall–Kier alpha value is -3.32. The molecule has 2 N–H and O–H groups in total. The summed E-state index contributed by atoms with van der Waals surface area (Å²) < 4.78 is 0. The molecule has 1 heteroatoms. The second-order valence-corrected chi connectivity index (χ2v) is 6.58. The second-order valence-electron chi connectivity index (χ2n) is 6.58. The minimum absolute atomic E-state index is 0.821. The van der Waals surface area contributed by atoms with Gasteiger partial charge in [-0.3, -0.25) is 0 Å². The molecule has 4 rings (SSSR count). The number of nitrogens with two attached hydrogens (primary N) is 1. The van der Waals surface area contributed by atoms with Crippen molar-refractivity contribution in [2.45, 2.75) is 6.92 Å². The number of nitrogen functional groups attached to an aromatic ring is 1. The van der Waals surface area contributed by atoms with E-state index < -0.39 is 0 Å². The SMILES string of the molecule is Cc1ccc(-c2cccc(-c3cccc(-c4ccccc4)c3)c2N)cc1. The Morgan fingerprint density at radius 1 is 0.500 bits per heavy atom. The molecular weight excluding hydrogens is 314 g/mol. The van der Waals surface area contributed by atoms with Gasteiger partial charge in [0.25, 0.3) is 0 Å². The monoisotopic (exact) mass is 335 g/mol. The number of hydrogen-bond acceptors (Lipinski definition) is 1. The van der Waals surface area contributed by atoms with Crippen LogP contribution in [0.3, 0.4) is 0 Å². The zero-order chi connectivity index (χ0) is 17.9. The summed E-state index contributed by atoms with van der Waals surface area (Å²) in [5, 5.41) is 0. The summed E-state index contributed by atoms with van der Waals surface area (Å²) in [6, 6.07) is 33.8. The normalized spacial score (nSPS) is 10.7. The van der Waals surface area contributed by atoms with Gasteiger partial charge < -0.3 is 5.73 Å². The Morgan fingerprint density at radius 3 is 1.81 bits per heavy atom. The number of anilines is 1. The van der Waals surface area contributed by atoms with Crippen molar-refractivity contribution in [3.05, 3.63) is 103 Å². The fourth-order valence-corrected chi connectivity index (χ4v) is 3.30. The van der Waals surface area contributed by atoms with Crippen LogP contribution in [0.15, 0.2) is 97.1 Å². The van der Waals surface area contributed by atoms with E-state index in [2.05, 4.69) is 97.9 Å². The van der Waals surface area contributed by atoms with E-state index >= 15 is 0 Å². The van der Waals surface area contributed by atoms with E-state index in [1.165, 1.54) is 16.7 Å². The van der Waals surface area contributed by atoms with Crippen molar-refractivity contribution in [2.24, 2.45) is 0 Å². The number of benzene rings is 4. The van der Waals surface area contributed by atoms with E-state index in [0.717, 1.165) is 27.9 Å². The highest BCUT2D eigenvalue weighted by atomic mass is 14.6. The highest BCUT2D eigenvalue weighted by Crippen LogP contribution is 2.36. The maximum atomic E-state index is 6.57. The predicted molar refractivity (Wildman–Crippen MR) is 112 cm³/mol. The molecule has 0 bridgehead atoms. The van der Waals surface area contributed by atoms with E-state index in [1.54, 1.807) is 0 Å². The lowest BCUT2D eigenvalue weighted by atomic mass is 9.94. The van der Waals surface area contributed by atoms with Gasteiger partial charge in [-0.15, -0.1) is 0 Å². The molecule has 0 saturated carbocycles. The maximum Gasteiger partial charge on any atom is 0.0473 e. The maximum absolute atomic E-state index is 6.57. The minimum atomic E-state index is 0.821. The Kier molecular flexibility index (Phi) is 4.28. The molecule has 0 amide bonds. The highest BCUT2D eigenvalue weighted by Gasteiger charge is 2.09. The fraction of sp³-hybridized carbons (Fsp3) is 0.0400.